The van der Waals surface area contributed by atoms with Gasteiger partial charge in [-0.3, -0.25) is 0 Å². The van der Waals surface area contributed by atoms with Crippen molar-refractivity contribution in [3.05, 3.63) is 90.4 Å². The van der Waals surface area contributed by atoms with Crippen molar-refractivity contribution in [2.75, 3.05) is 17.7 Å². The molecule has 8 nitrogen and oxygen atoms in total. The van der Waals surface area contributed by atoms with Gasteiger partial charge in [-0.1, -0.05) is 47.6 Å². The van der Waals surface area contributed by atoms with Gasteiger partial charge in [0.1, 0.15) is 17.7 Å². The molecule has 0 atom stereocenters. The monoisotopic (exact) mass is 416 g/mol. The Morgan fingerprint density at radius 2 is 1.74 bits per heavy atom. The standard InChI is InChI=1S/C23H20N4O4/c1-30-22(28)21-13-19(15-27(21)14-16-5-3-2-4-6-16)25-23(29)24-18-9-7-17(8-10-18)20-11-12-31-26-20/h2-13,15H,14H2,1H3,(H2,24,25,29). The van der Waals surface area contributed by atoms with Crippen LogP contribution in [0.1, 0.15) is 16.1 Å². The van der Waals surface area contributed by atoms with E-state index in [9.17, 15) is 9.59 Å². The zero-order valence-electron chi connectivity index (χ0n) is 16.7. The first-order valence-electron chi connectivity index (χ1n) is 9.53. The lowest BCUT2D eigenvalue weighted by Crippen LogP contribution is -2.19. The van der Waals surface area contributed by atoms with Crippen LogP contribution in [0.15, 0.2) is 83.7 Å². The highest BCUT2D eigenvalue weighted by Crippen LogP contribution is 2.21. The second kappa shape index (κ2) is 9.00. The maximum Gasteiger partial charge on any atom is 0.354 e. The average molecular weight is 416 g/mol. The highest BCUT2D eigenvalue weighted by molar-refractivity contribution is 6.00. The van der Waals surface area contributed by atoms with Crippen molar-refractivity contribution in [3.63, 3.8) is 0 Å². The number of nitrogens with zero attached hydrogens (tertiary/aromatic N) is 2. The molecule has 0 bridgehead atoms. The van der Waals surface area contributed by atoms with Gasteiger partial charge in [-0.2, -0.15) is 0 Å². The SMILES string of the molecule is COC(=O)c1cc(NC(=O)Nc2ccc(-c3ccon3)cc2)cn1Cc1ccccc1. The third kappa shape index (κ3) is 4.81. The third-order valence-electron chi connectivity index (χ3n) is 4.62. The summed E-state index contributed by atoms with van der Waals surface area (Å²) < 4.78 is 11.4. The Morgan fingerprint density at radius 3 is 2.42 bits per heavy atom. The van der Waals surface area contributed by atoms with Crippen molar-refractivity contribution >= 4 is 23.4 Å². The van der Waals surface area contributed by atoms with Crippen LogP contribution in [0.4, 0.5) is 16.2 Å². The maximum absolute atomic E-state index is 12.4. The number of esters is 1. The van der Waals surface area contributed by atoms with Crippen LogP contribution in [-0.4, -0.2) is 28.8 Å². The lowest BCUT2D eigenvalue weighted by atomic mass is 10.1. The summed E-state index contributed by atoms with van der Waals surface area (Å²) >= 11 is 0. The minimum atomic E-state index is -0.479. The smallest absolute Gasteiger partial charge is 0.354 e. The van der Waals surface area contributed by atoms with Crippen LogP contribution in [0.25, 0.3) is 11.3 Å². The lowest BCUT2D eigenvalue weighted by molar-refractivity contribution is 0.0589. The molecule has 2 amide bonds. The molecule has 2 heterocycles. The molecule has 2 aromatic carbocycles. The molecule has 0 saturated heterocycles. The van der Waals surface area contributed by atoms with Crippen molar-refractivity contribution in [2.24, 2.45) is 0 Å². The van der Waals surface area contributed by atoms with Crippen LogP contribution in [0, 0.1) is 0 Å². The summed E-state index contributed by atoms with van der Waals surface area (Å²) in [5.74, 6) is -0.479. The van der Waals surface area contributed by atoms with Gasteiger partial charge in [-0.05, 0) is 23.8 Å². The number of urea groups is 1. The summed E-state index contributed by atoms with van der Waals surface area (Å²) in [6, 6.07) is 19.8. The van der Waals surface area contributed by atoms with Crippen LogP contribution < -0.4 is 10.6 Å². The molecule has 0 fully saturated rings. The molecular weight excluding hydrogens is 396 g/mol. The molecule has 156 valence electrons. The van der Waals surface area contributed by atoms with Gasteiger partial charge >= 0.3 is 12.0 Å². The number of rotatable bonds is 6. The van der Waals surface area contributed by atoms with E-state index in [2.05, 4.69) is 15.8 Å². The molecular formula is C23H20N4O4. The van der Waals surface area contributed by atoms with Crippen LogP contribution in [0.3, 0.4) is 0 Å². The number of hydrogen-bond acceptors (Lipinski definition) is 5. The van der Waals surface area contributed by atoms with E-state index in [1.54, 1.807) is 35.0 Å². The molecule has 4 aromatic rings. The molecule has 0 aliphatic rings. The Labute approximate surface area is 178 Å². The second-order valence-corrected chi connectivity index (χ2v) is 6.76. The number of carbonyl (C=O) groups excluding carboxylic acids is 2. The summed E-state index contributed by atoms with van der Waals surface area (Å²) in [4.78, 5) is 24.6. The molecule has 2 aromatic heterocycles. The fourth-order valence-corrected chi connectivity index (χ4v) is 3.14. The molecule has 4 rings (SSSR count). The fourth-order valence-electron chi connectivity index (χ4n) is 3.14. The topological polar surface area (TPSA) is 98.4 Å². The number of anilines is 2. The Hall–Kier alpha value is -4.33. The fraction of sp³-hybridized carbons (Fsp3) is 0.0870. The average Bonchev–Trinajstić information content (AvgIpc) is 3.45. The minimum Gasteiger partial charge on any atom is -0.464 e. The van der Waals surface area contributed by atoms with E-state index in [1.165, 1.54) is 13.4 Å². The first kappa shape index (κ1) is 20.0. The van der Waals surface area contributed by atoms with E-state index >= 15 is 0 Å². The molecule has 0 spiro atoms. The van der Waals surface area contributed by atoms with E-state index in [4.69, 9.17) is 9.26 Å². The Morgan fingerprint density at radius 1 is 1.00 bits per heavy atom. The highest BCUT2D eigenvalue weighted by Gasteiger charge is 2.16. The maximum atomic E-state index is 12.4. The van der Waals surface area contributed by atoms with Crippen LogP contribution in [-0.2, 0) is 11.3 Å². The molecule has 0 aliphatic heterocycles. The number of aromatic nitrogens is 2. The Kier molecular flexibility index (Phi) is 5.79. The summed E-state index contributed by atoms with van der Waals surface area (Å²) in [6.45, 7) is 0.470. The van der Waals surface area contributed by atoms with Gasteiger partial charge in [0, 0.05) is 30.1 Å². The third-order valence-corrected chi connectivity index (χ3v) is 4.62. The summed E-state index contributed by atoms with van der Waals surface area (Å²) in [6.07, 6.45) is 3.20. The van der Waals surface area contributed by atoms with E-state index in [1.807, 2.05) is 42.5 Å². The number of methoxy groups -OCH3 is 1. The molecule has 0 aliphatic carbocycles. The lowest BCUT2D eigenvalue weighted by Gasteiger charge is -2.08. The molecule has 0 saturated carbocycles. The van der Waals surface area contributed by atoms with E-state index in [-0.39, 0.29) is 0 Å². The molecule has 0 unspecified atom stereocenters. The normalized spacial score (nSPS) is 10.5. The Bertz CT molecular complexity index is 1170. The van der Waals surface area contributed by atoms with Gasteiger partial charge in [0.25, 0.3) is 0 Å². The summed E-state index contributed by atoms with van der Waals surface area (Å²) in [5, 5.41) is 9.40. The van der Waals surface area contributed by atoms with Crippen molar-refractivity contribution in [1.82, 2.24) is 9.72 Å². The largest absolute Gasteiger partial charge is 0.464 e. The van der Waals surface area contributed by atoms with Gasteiger partial charge in [-0.15, -0.1) is 0 Å². The number of benzene rings is 2. The van der Waals surface area contributed by atoms with E-state index in [0.29, 0.717) is 29.3 Å². The number of carbonyl (C=O) groups is 2. The quantitative estimate of drug-likeness (QED) is 0.447. The summed E-state index contributed by atoms with van der Waals surface area (Å²) in [5.41, 5.74) is 4.05. The van der Waals surface area contributed by atoms with Gasteiger partial charge in [0.15, 0.2) is 0 Å². The molecule has 0 radical (unpaired) electrons. The zero-order chi connectivity index (χ0) is 21.6. The highest BCUT2D eigenvalue weighted by atomic mass is 16.5. The minimum absolute atomic E-state index is 0.346. The zero-order valence-corrected chi connectivity index (χ0v) is 16.7. The number of amides is 2. The summed E-state index contributed by atoms with van der Waals surface area (Å²) in [7, 11) is 1.32. The predicted octanol–water partition coefficient (Wildman–Crippen LogP) is 4.62. The van der Waals surface area contributed by atoms with E-state index in [0.717, 1.165) is 11.1 Å². The number of nitrogens with one attached hydrogen (secondary N) is 2. The van der Waals surface area contributed by atoms with Crippen molar-refractivity contribution in [1.29, 1.82) is 0 Å². The first-order chi connectivity index (χ1) is 15.1. The van der Waals surface area contributed by atoms with Crippen molar-refractivity contribution in [2.45, 2.75) is 6.54 Å². The predicted molar refractivity (Wildman–Crippen MR) is 116 cm³/mol. The molecule has 8 heteroatoms. The second-order valence-electron chi connectivity index (χ2n) is 6.76. The van der Waals surface area contributed by atoms with Crippen molar-refractivity contribution < 1.29 is 18.8 Å². The first-order valence-corrected chi connectivity index (χ1v) is 9.53. The van der Waals surface area contributed by atoms with Gasteiger partial charge in [-0.25, -0.2) is 9.59 Å². The number of ether oxygens (including phenoxy) is 1. The molecule has 31 heavy (non-hydrogen) atoms. The Balaban J connectivity index is 1.45. The molecule has 2 N–H and O–H groups in total. The van der Waals surface area contributed by atoms with Crippen molar-refractivity contribution in [3.8, 4) is 11.3 Å². The van der Waals surface area contributed by atoms with Crippen LogP contribution >= 0.6 is 0 Å². The van der Waals surface area contributed by atoms with Gasteiger partial charge < -0.3 is 24.5 Å². The van der Waals surface area contributed by atoms with Crippen LogP contribution in [0.2, 0.25) is 0 Å². The van der Waals surface area contributed by atoms with E-state index < -0.39 is 12.0 Å². The van der Waals surface area contributed by atoms with Gasteiger partial charge in [0.2, 0.25) is 0 Å². The number of hydrogen-bond donors (Lipinski definition) is 2. The van der Waals surface area contributed by atoms with Gasteiger partial charge in [0.05, 0.1) is 12.8 Å². The van der Waals surface area contributed by atoms with Crippen LogP contribution in [0.5, 0.6) is 0 Å².